The van der Waals surface area contributed by atoms with Gasteiger partial charge in [0.05, 0.1) is 0 Å². The third kappa shape index (κ3) is 5.21. The van der Waals surface area contributed by atoms with Crippen molar-refractivity contribution in [2.45, 2.75) is 118 Å². The van der Waals surface area contributed by atoms with Crippen LogP contribution >= 0.6 is 0 Å². The average Bonchev–Trinajstić information content (AvgIpc) is 3.16. The summed E-state index contributed by atoms with van der Waals surface area (Å²) in [4.78, 5) is 47.7. The van der Waals surface area contributed by atoms with Crippen molar-refractivity contribution in [1.29, 1.82) is 0 Å². The second-order valence-electron chi connectivity index (χ2n) is 13.2. The number of carboxylic acid groups (broad SMARTS) is 1. The summed E-state index contributed by atoms with van der Waals surface area (Å²) >= 11 is 0. The maximum absolute atomic E-state index is 12.4. The van der Waals surface area contributed by atoms with Crippen LogP contribution in [0.25, 0.3) is 0 Å². The number of fused-ring (bicyclic) bond motifs is 5. The fraction of sp³-hybridized carbons (Fsp3) is 0.867. The maximum atomic E-state index is 12.4. The molecule has 4 saturated carbocycles. The molecule has 1 N–H and O–H groups in total. The Balaban J connectivity index is 1.71. The van der Waals surface area contributed by atoms with E-state index in [1.807, 2.05) is 0 Å². The molecule has 0 radical (unpaired) electrons. The monoisotopic (exact) mass is 534 g/mol. The molecule has 4 rings (SSSR count). The molecule has 0 heterocycles. The van der Waals surface area contributed by atoms with Crippen LogP contribution in [0, 0.1) is 46.3 Å². The summed E-state index contributed by atoms with van der Waals surface area (Å²) in [6.07, 6.45) is 5.93. The van der Waals surface area contributed by atoms with Gasteiger partial charge in [0.2, 0.25) is 0 Å². The predicted octanol–water partition coefficient (Wildman–Crippen LogP) is 5.16. The molecule has 4 aliphatic carbocycles. The number of rotatable bonds is 7. The highest BCUT2D eigenvalue weighted by atomic mass is 16.6. The number of aliphatic carboxylic acids is 1. The van der Waals surface area contributed by atoms with Gasteiger partial charge in [0.25, 0.3) is 0 Å². The summed E-state index contributed by atoms with van der Waals surface area (Å²) in [5.41, 5.74) is -0.355. The van der Waals surface area contributed by atoms with Crippen molar-refractivity contribution in [2.24, 2.45) is 46.3 Å². The summed E-state index contributed by atoms with van der Waals surface area (Å²) in [5, 5.41) is 9.31. The van der Waals surface area contributed by atoms with Gasteiger partial charge < -0.3 is 19.3 Å². The molecule has 0 aromatic carbocycles. The van der Waals surface area contributed by atoms with E-state index in [0.29, 0.717) is 12.8 Å². The van der Waals surface area contributed by atoms with Crippen molar-refractivity contribution < 1.29 is 38.5 Å². The van der Waals surface area contributed by atoms with Crippen LogP contribution in [0.15, 0.2) is 0 Å². The molecule has 0 amide bonds. The number of hydrogen-bond donors (Lipinski definition) is 1. The van der Waals surface area contributed by atoms with E-state index in [9.17, 15) is 24.3 Å². The molecule has 8 nitrogen and oxygen atoms in total. The first-order valence-electron chi connectivity index (χ1n) is 14.5. The number of carboxylic acids is 1. The molecule has 0 spiro atoms. The molecule has 0 aromatic rings. The fourth-order valence-corrected chi connectivity index (χ4v) is 9.67. The molecule has 38 heavy (non-hydrogen) atoms. The maximum Gasteiger partial charge on any atom is 0.303 e. The van der Waals surface area contributed by atoms with Crippen LogP contribution in [0.2, 0.25) is 0 Å². The Morgan fingerprint density at radius 1 is 0.868 bits per heavy atom. The van der Waals surface area contributed by atoms with Crippen LogP contribution in [0.1, 0.15) is 99.3 Å². The lowest BCUT2D eigenvalue weighted by Crippen LogP contribution is -2.63. The second kappa shape index (κ2) is 10.8. The third-order valence-corrected chi connectivity index (χ3v) is 11.2. The molecule has 0 aromatic heterocycles. The highest BCUT2D eigenvalue weighted by molar-refractivity contribution is 5.67. The van der Waals surface area contributed by atoms with E-state index in [2.05, 4.69) is 20.8 Å². The average molecular weight is 535 g/mol. The normalized spacial score (nSPS) is 42.6. The lowest BCUT2D eigenvalue weighted by Gasteiger charge is -2.64. The Labute approximate surface area is 226 Å². The minimum atomic E-state index is -0.790. The van der Waals surface area contributed by atoms with Crippen LogP contribution < -0.4 is 0 Å². The quantitative estimate of drug-likeness (QED) is 0.352. The predicted molar refractivity (Wildman–Crippen MR) is 139 cm³/mol. The SMILES string of the molecule is CC(=O)O[C@@H]1CC[C@]2(C)C3C[C@H](OC(C)=O)[C@]4(C)[C@@H]([C@H](C)CCC(=O)O)CC[C@H]4[C@@H]3[C@H](OC(C)=O)C[C@@H]2C1. The van der Waals surface area contributed by atoms with Crippen molar-refractivity contribution in [3.8, 4) is 0 Å². The number of carbonyl (C=O) groups excluding carboxylic acids is 3. The minimum Gasteiger partial charge on any atom is -0.481 e. The Bertz CT molecular complexity index is 947. The molecular weight excluding hydrogens is 488 g/mol. The summed E-state index contributed by atoms with van der Waals surface area (Å²) < 4.78 is 17.8. The van der Waals surface area contributed by atoms with Gasteiger partial charge in [0, 0.05) is 38.5 Å². The fourth-order valence-electron chi connectivity index (χ4n) is 9.67. The van der Waals surface area contributed by atoms with Crippen LogP contribution in [0.3, 0.4) is 0 Å². The van der Waals surface area contributed by atoms with Crippen molar-refractivity contribution >= 4 is 23.9 Å². The highest BCUT2D eigenvalue weighted by Crippen LogP contribution is 2.69. The van der Waals surface area contributed by atoms with E-state index in [0.717, 1.165) is 38.5 Å². The summed E-state index contributed by atoms with van der Waals surface area (Å²) in [6, 6.07) is 0. The van der Waals surface area contributed by atoms with Gasteiger partial charge in [-0.3, -0.25) is 19.2 Å². The Hall–Kier alpha value is -2.12. The topological polar surface area (TPSA) is 116 Å². The third-order valence-electron chi connectivity index (χ3n) is 11.2. The van der Waals surface area contributed by atoms with Crippen molar-refractivity contribution in [1.82, 2.24) is 0 Å². The van der Waals surface area contributed by atoms with E-state index in [1.165, 1.54) is 20.8 Å². The van der Waals surface area contributed by atoms with Gasteiger partial charge in [-0.2, -0.15) is 0 Å². The lowest BCUT2D eigenvalue weighted by molar-refractivity contribution is -0.224. The molecule has 1 unspecified atom stereocenters. The zero-order chi connectivity index (χ0) is 28.0. The highest BCUT2D eigenvalue weighted by Gasteiger charge is 2.67. The molecule has 0 bridgehead atoms. The molecule has 4 fully saturated rings. The summed E-state index contributed by atoms with van der Waals surface area (Å²) in [5.74, 6) is -0.421. The van der Waals surface area contributed by atoms with Crippen LogP contribution in [0.5, 0.6) is 0 Å². The number of carbonyl (C=O) groups is 4. The lowest BCUT2D eigenvalue weighted by atomic mass is 9.43. The van der Waals surface area contributed by atoms with Crippen LogP contribution in [-0.2, 0) is 33.4 Å². The van der Waals surface area contributed by atoms with Gasteiger partial charge in [-0.1, -0.05) is 20.8 Å². The first kappa shape index (κ1) is 28.9. The van der Waals surface area contributed by atoms with E-state index < -0.39 is 5.97 Å². The smallest absolute Gasteiger partial charge is 0.303 e. The summed E-state index contributed by atoms with van der Waals surface area (Å²) in [6.45, 7) is 11.1. The van der Waals surface area contributed by atoms with Gasteiger partial charge in [-0.05, 0) is 86.4 Å². The molecule has 4 aliphatic rings. The molecule has 0 aliphatic heterocycles. The van der Waals surface area contributed by atoms with Crippen molar-refractivity contribution in [3.05, 3.63) is 0 Å². The van der Waals surface area contributed by atoms with Gasteiger partial charge >= 0.3 is 23.9 Å². The van der Waals surface area contributed by atoms with Gasteiger partial charge in [-0.15, -0.1) is 0 Å². The zero-order valence-electron chi connectivity index (χ0n) is 23.9. The van der Waals surface area contributed by atoms with Crippen LogP contribution in [-0.4, -0.2) is 47.3 Å². The molecule has 214 valence electrons. The van der Waals surface area contributed by atoms with E-state index in [1.54, 1.807) is 0 Å². The molecule has 0 saturated heterocycles. The van der Waals surface area contributed by atoms with Gasteiger partial charge in [-0.25, -0.2) is 0 Å². The van der Waals surface area contributed by atoms with E-state index >= 15 is 0 Å². The van der Waals surface area contributed by atoms with Crippen molar-refractivity contribution in [2.75, 3.05) is 0 Å². The Morgan fingerprint density at radius 3 is 2.13 bits per heavy atom. The van der Waals surface area contributed by atoms with Gasteiger partial charge in [0.1, 0.15) is 18.3 Å². The molecule has 11 atom stereocenters. The number of esters is 3. The van der Waals surface area contributed by atoms with E-state index in [4.69, 9.17) is 14.2 Å². The van der Waals surface area contributed by atoms with Gasteiger partial charge in [0.15, 0.2) is 0 Å². The standard InChI is InChI=1S/C30H46O8/c1-16(7-10-27(34)35)22-8-9-23-28-24(15-26(30(22,23)6)38-19(4)33)29(5)12-11-21(36-17(2)31)13-20(29)14-25(28)37-18(3)32/h16,20-26,28H,7-15H2,1-6H3,(H,34,35)/t16-,20+,21-,22-,23+,24?,25-,26+,28+,29+,30-/m1/s1. The zero-order valence-corrected chi connectivity index (χ0v) is 23.9. The largest absolute Gasteiger partial charge is 0.481 e. The number of ether oxygens (including phenoxy) is 3. The Kier molecular flexibility index (Phi) is 8.21. The first-order valence-corrected chi connectivity index (χ1v) is 14.5. The van der Waals surface area contributed by atoms with E-state index in [-0.39, 0.29) is 89.0 Å². The number of hydrogen-bond acceptors (Lipinski definition) is 7. The summed E-state index contributed by atoms with van der Waals surface area (Å²) in [7, 11) is 0. The molecular formula is C30H46O8. The minimum absolute atomic E-state index is 0.0370. The van der Waals surface area contributed by atoms with Crippen molar-refractivity contribution in [3.63, 3.8) is 0 Å². The molecule has 8 heteroatoms. The Morgan fingerprint density at radius 2 is 1.53 bits per heavy atom. The second-order valence-corrected chi connectivity index (χ2v) is 13.2. The van der Waals surface area contributed by atoms with Crippen LogP contribution in [0.4, 0.5) is 0 Å². The first-order chi connectivity index (χ1) is 17.8.